The van der Waals surface area contributed by atoms with Gasteiger partial charge in [-0.15, -0.1) is 0 Å². The summed E-state index contributed by atoms with van der Waals surface area (Å²) in [6.45, 7) is 5.65. The highest BCUT2D eigenvalue weighted by molar-refractivity contribution is 5.87. The molecule has 2 aliphatic heterocycles. The summed E-state index contributed by atoms with van der Waals surface area (Å²) >= 11 is 0. The topological polar surface area (TPSA) is 40.0 Å². The number of hydrogen-bond acceptors (Lipinski definition) is 4. The molecular weight excluding hydrogens is 284 g/mol. The summed E-state index contributed by atoms with van der Waals surface area (Å²) in [5, 5.41) is 3.69. The lowest BCUT2D eigenvalue weighted by Crippen LogP contribution is -2.38. The van der Waals surface area contributed by atoms with E-state index in [9.17, 15) is 0 Å². The predicted octanol–water partition coefficient (Wildman–Crippen LogP) is 3.23. The van der Waals surface area contributed by atoms with E-state index in [-0.39, 0.29) is 0 Å². The van der Waals surface area contributed by atoms with Crippen molar-refractivity contribution in [1.29, 1.82) is 0 Å². The number of amidine groups is 2. The number of rotatable bonds is 7. The molecule has 0 bridgehead atoms. The number of unbranched alkanes of at least 4 members (excludes halogenated alkanes) is 1. The van der Waals surface area contributed by atoms with E-state index in [0.29, 0.717) is 12.1 Å². The van der Waals surface area contributed by atoms with Gasteiger partial charge >= 0.3 is 0 Å². The summed E-state index contributed by atoms with van der Waals surface area (Å²) in [4.78, 5) is 12.2. The molecule has 0 aromatic heterocycles. The first-order valence-electron chi connectivity index (χ1n) is 9.93. The zero-order chi connectivity index (χ0) is 15.6. The minimum Gasteiger partial charge on any atom is -0.369 e. The maximum Gasteiger partial charge on any atom is 0.102 e. The van der Waals surface area contributed by atoms with Crippen molar-refractivity contribution in [3.8, 4) is 0 Å². The van der Waals surface area contributed by atoms with Gasteiger partial charge in [-0.1, -0.05) is 12.8 Å². The molecule has 4 heteroatoms. The Morgan fingerprint density at radius 2 is 1.87 bits per heavy atom. The third-order valence-electron chi connectivity index (χ3n) is 6.19. The van der Waals surface area contributed by atoms with Gasteiger partial charge in [-0.2, -0.15) is 0 Å². The van der Waals surface area contributed by atoms with Gasteiger partial charge in [0, 0.05) is 31.0 Å². The lowest BCUT2D eigenvalue weighted by molar-refractivity contribution is 0.342. The molecule has 23 heavy (non-hydrogen) atoms. The van der Waals surface area contributed by atoms with E-state index in [0.717, 1.165) is 24.9 Å². The minimum absolute atomic E-state index is 0.514. The quantitative estimate of drug-likeness (QED) is 0.733. The Kier molecular flexibility index (Phi) is 4.59. The van der Waals surface area contributed by atoms with Crippen molar-refractivity contribution >= 4 is 11.7 Å². The molecule has 2 atom stereocenters. The van der Waals surface area contributed by atoms with E-state index in [1.54, 1.807) is 0 Å². The fourth-order valence-electron chi connectivity index (χ4n) is 4.29. The summed E-state index contributed by atoms with van der Waals surface area (Å²) in [6, 6.07) is 1.13. The van der Waals surface area contributed by atoms with Crippen LogP contribution in [0.4, 0.5) is 0 Å². The Morgan fingerprint density at radius 1 is 1.09 bits per heavy atom. The molecule has 0 radical (unpaired) electrons. The number of hydrogen-bond donors (Lipinski definition) is 1. The highest BCUT2D eigenvalue weighted by Crippen LogP contribution is 2.32. The van der Waals surface area contributed by atoms with Crippen LogP contribution in [0.3, 0.4) is 0 Å². The predicted molar refractivity (Wildman–Crippen MR) is 96.2 cm³/mol. The van der Waals surface area contributed by atoms with Gasteiger partial charge < -0.3 is 10.2 Å². The molecule has 0 amide bonds. The molecule has 2 fully saturated rings. The molecule has 4 aliphatic rings. The lowest BCUT2D eigenvalue weighted by atomic mass is 9.84. The Hall–Kier alpha value is -1.06. The SMILES string of the molecule is C[C@H]1CN(CCCC[C@H]2CN=C(C3CCC3)N2)C(C2CCC2)=N1. The van der Waals surface area contributed by atoms with Gasteiger partial charge in [0.05, 0.1) is 18.4 Å². The maximum absolute atomic E-state index is 4.91. The van der Waals surface area contributed by atoms with E-state index in [2.05, 4.69) is 17.1 Å². The number of nitrogens with one attached hydrogen (secondary N) is 1. The molecule has 1 N–H and O–H groups in total. The van der Waals surface area contributed by atoms with Crippen LogP contribution in [0.1, 0.15) is 64.7 Å². The molecule has 128 valence electrons. The molecule has 0 unspecified atom stereocenters. The normalized spacial score (nSPS) is 31.4. The molecule has 4 nitrogen and oxygen atoms in total. The van der Waals surface area contributed by atoms with Crippen LogP contribution < -0.4 is 5.32 Å². The van der Waals surface area contributed by atoms with E-state index in [1.807, 2.05) is 0 Å². The van der Waals surface area contributed by atoms with Crippen LogP contribution >= 0.6 is 0 Å². The third kappa shape index (κ3) is 3.41. The molecule has 0 aromatic carbocycles. The van der Waals surface area contributed by atoms with E-state index < -0.39 is 0 Å². The van der Waals surface area contributed by atoms with Crippen LogP contribution in [0.15, 0.2) is 9.98 Å². The van der Waals surface area contributed by atoms with Crippen LogP contribution in [0.25, 0.3) is 0 Å². The van der Waals surface area contributed by atoms with Crippen molar-refractivity contribution < 1.29 is 0 Å². The van der Waals surface area contributed by atoms with Crippen molar-refractivity contribution in [3.05, 3.63) is 0 Å². The van der Waals surface area contributed by atoms with Crippen molar-refractivity contribution in [2.24, 2.45) is 21.8 Å². The second-order valence-electron chi connectivity index (χ2n) is 8.10. The van der Waals surface area contributed by atoms with Gasteiger partial charge in [0.1, 0.15) is 5.84 Å². The van der Waals surface area contributed by atoms with Crippen LogP contribution in [0, 0.1) is 11.8 Å². The average molecular weight is 316 g/mol. The van der Waals surface area contributed by atoms with Crippen molar-refractivity contribution in [1.82, 2.24) is 10.2 Å². The first kappa shape index (κ1) is 15.5. The van der Waals surface area contributed by atoms with Crippen LogP contribution in [0.5, 0.6) is 0 Å². The van der Waals surface area contributed by atoms with E-state index in [4.69, 9.17) is 9.98 Å². The highest BCUT2D eigenvalue weighted by Gasteiger charge is 2.32. The standard InChI is InChI=1S/C19H32N4/c1-14-13-23(19(21-14)16-8-5-9-16)11-3-2-10-17-12-20-18(22-17)15-6-4-7-15/h14-17H,2-13H2,1H3,(H,20,22)/t14-,17-/m0/s1. The summed E-state index contributed by atoms with van der Waals surface area (Å²) < 4.78 is 0. The van der Waals surface area contributed by atoms with Gasteiger partial charge in [0.2, 0.25) is 0 Å². The van der Waals surface area contributed by atoms with Crippen molar-refractivity contribution in [2.75, 3.05) is 19.6 Å². The summed E-state index contributed by atoms with van der Waals surface area (Å²) in [7, 11) is 0. The van der Waals surface area contributed by atoms with Gasteiger partial charge in [0.25, 0.3) is 0 Å². The second-order valence-corrected chi connectivity index (χ2v) is 8.10. The van der Waals surface area contributed by atoms with Crippen molar-refractivity contribution in [3.63, 3.8) is 0 Å². The van der Waals surface area contributed by atoms with E-state index >= 15 is 0 Å². The average Bonchev–Trinajstić information content (AvgIpc) is 2.99. The summed E-state index contributed by atoms with van der Waals surface area (Å²) in [5.41, 5.74) is 0. The highest BCUT2D eigenvalue weighted by atomic mass is 15.3. The summed E-state index contributed by atoms with van der Waals surface area (Å²) in [5.74, 6) is 4.33. The number of nitrogens with zero attached hydrogens (tertiary/aromatic N) is 3. The van der Waals surface area contributed by atoms with Gasteiger partial charge in [-0.25, -0.2) is 0 Å². The number of aliphatic imine (C=N–C) groups is 2. The van der Waals surface area contributed by atoms with Crippen molar-refractivity contribution in [2.45, 2.75) is 76.8 Å². The van der Waals surface area contributed by atoms with Gasteiger partial charge in [-0.3, -0.25) is 9.98 Å². The second kappa shape index (κ2) is 6.82. The van der Waals surface area contributed by atoms with Gasteiger partial charge in [0.15, 0.2) is 0 Å². The van der Waals surface area contributed by atoms with Crippen LogP contribution in [-0.2, 0) is 0 Å². The molecular formula is C19H32N4. The summed E-state index contributed by atoms with van der Waals surface area (Å²) in [6.07, 6.45) is 12.1. The zero-order valence-corrected chi connectivity index (χ0v) is 14.6. The first-order chi connectivity index (χ1) is 11.3. The monoisotopic (exact) mass is 316 g/mol. The Bertz CT molecular complexity index is 476. The Labute approximate surface area is 140 Å². The fourth-order valence-corrected chi connectivity index (χ4v) is 4.29. The van der Waals surface area contributed by atoms with Crippen LogP contribution in [-0.4, -0.2) is 48.3 Å². The fraction of sp³-hybridized carbons (Fsp3) is 0.895. The lowest BCUT2D eigenvalue weighted by Gasteiger charge is -2.32. The smallest absolute Gasteiger partial charge is 0.102 e. The van der Waals surface area contributed by atoms with Gasteiger partial charge in [-0.05, 0) is 51.9 Å². The first-order valence-corrected chi connectivity index (χ1v) is 9.93. The Balaban J connectivity index is 1.14. The van der Waals surface area contributed by atoms with E-state index in [1.165, 1.54) is 76.0 Å². The third-order valence-corrected chi connectivity index (χ3v) is 6.19. The minimum atomic E-state index is 0.514. The Morgan fingerprint density at radius 3 is 2.57 bits per heavy atom. The maximum atomic E-state index is 4.91. The molecule has 0 spiro atoms. The molecule has 4 rings (SSSR count). The molecule has 0 aromatic rings. The molecule has 2 heterocycles. The largest absolute Gasteiger partial charge is 0.369 e. The zero-order valence-electron chi connectivity index (χ0n) is 14.6. The molecule has 2 saturated carbocycles. The molecule has 2 aliphatic carbocycles. The van der Waals surface area contributed by atoms with Crippen LogP contribution in [0.2, 0.25) is 0 Å². The molecule has 0 saturated heterocycles.